The zero-order valence-corrected chi connectivity index (χ0v) is 15.7. The normalized spacial score (nSPS) is 16.0. The van der Waals surface area contributed by atoms with E-state index in [1.165, 1.54) is 26.4 Å². The Hall–Kier alpha value is -3.35. The van der Waals surface area contributed by atoms with Gasteiger partial charge in [-0.1, -0.05) is 30.3 Å². The van der Waals surface area contributed by atoms with Gasteiger partial charge >= 0.3 is 5.97 Å². The molecule has 2 amide bonds. The van der Waals surface area contributed by atoms with Crippen molar-refractivity contribution in [3.63, 3.8) is 0 Å². The van der Waals surface area contributed by atoms with Gasteiger partial charge in [0.05, 0.1) is 14.2 Å². The van der Waals surface area contributed by atoms with E-state index in [1.54, 1.807) is 6.07 Å². The molecular formula is C21H21NO6. The Morgan fingerprint density at radius 2 is 1.75 bits per heavy atom. The van der Waals surface area contributed by atoms with E-state index in [1.807, 2.05) is 30.3 Å². The maximum absolute atomic E-state index is 12.9. The molecule has 0 unspecified atom stereocenters. The fourth-order valence-electron chi connectivity index (χ4n) is 3.09. The molecule has 2 aromatic carbocycles. The van der Waals surface area contributed by atoms with Crippen molar-refractivity contribution in [1.29, 1.82) is 0 Å². The van der Waals surface area contributed by atoms with Crippen LogP contribution < -0.4 is 9.47 Å². The molecule has 3 rings (SSSR count). The summed E-state index contributed by atoms with van der Waals surface area (Å²) in [5.41, 5.74) is 1.06. The molecule has 0 N–H and O–H groups in total. The van der Waals surface area contributed by atoms with Crippen molar-refractivity contribution in [1.82, 2.24) is 4.90 Å². The zero-order valence-electron chi connectivity index (χ0n) is 15.7. The van der Waals surface area contributed by atoms with Gasteiger partial charge in [0.25, 0.3) is 5.91 Å². The second-order valence-electron chi connectivity index (χ2n) is 6.29. The summed E-state index contributed by atoms with van der Waals surface area (Å²) in [5.74, 6) is -0.732. The highest BCUT2D eigenvalue weighted by molar-refractivity contribution is 6.09. The van der Waals surface area contributed by atoms with Crippen molar-refractivity contribution in [2.24, 2.45) is 0 Å². The predicted molar refractivity (Wildman–Crippen MR) is 100.0 cm³/mol. The molecule has 1 saturated heterocycles. The van der Waals surface area contributed by atoms with Gasteiger partial charge in [0.1, 0.15) is 12.6 Å². The van der Waals surface area contributed by atoms with Crippen LogP contribution in [-0.4, -0.2) is 42.9 Å². The highest BCUT2D eigenvalue weighted by atomic mass is 16.5. The van der Waals surface area contributed by atoms with E-state index in [0.717, 1.165) is 10.5 Å². The largest absolute Gasteiger partial charge is 0.493 e. The lowest BCUT2D eigenvalue weighted by molar-refractivity contribution is -0.151. The molecule has 1 atom stereocenters. The summed E-state index contributed by atoms with van der Waals surface area (Å²) in [5, 5.41) is 0. The molecule has 146 valence electrons. The Kier molecular flexibility index (Phi) is 5.93. The lowest BCUT2D eigenvalue weighted by Crippen LogP contribution is -2.43. The van der Waals surface area contributed by atoms with Gasteiger partial charge in [0.2, 0.25) is 5.91 Å². The third kappa shape index (κ3) is 3.98. The molecule has 0 aromatic heterocycles. The molecule has 0 bridgehead atoms. The Labute approximate surface area is 162 Å². The topological polar surface area (TPSA) is 82.1 Å². The van der Waals surface area contributed by atoms with Crippen LogP contribution in [0.2, 0.25) is 0 Å². The van der Waals surface area contributed by atoms with Crippen LogP contribution in [0.1, 0.15) is 28.8 Å². The summed E-state index contributed by atoms with van der Waals surface area (Å²) in [4.78, 5) is 38.7. The molecule has 0 spiro atoms. The first-order valence-electron chi connectivity index (χ1n) is 8.84. The minimum absolute atomic E-state index is 0.0861. The number of imide groups is 1. The van der Waals surface area contributed by atoms with Crippen LogP contribution in [0.25, 0.3) is 0 Å². The number of ether oxygens (including phenoxy) is 3. The summed E-state index contributed by atoms with van der Waals surface area (Å²) in [7, 11) is 2.94. The van der Waals surface area contributed by atoms with Crippen molar-refractivity contribution < 1.29 is 28.6 Å². The van der Waals surface area contributed by atoms with Crippen LogP contribution in [0.15, 0.2) is 48.5 Å². The van der Waals surface area contributed by atoms with Crippen LogP contribution in [0.5, 0.6) is 11.5 Å². The molecule has 7 nitrogen and oxygen atoms in total. The van der Waals surface area contributed by atoms with Crippen LogP contribution in [0.4, 0.5) is 0 Å². The molecule has 1 heterocycles. The van der Waals surface area contributed by atoms with Gasteiger partial charge in [-0.05, 0) is 30.2 Å². The molecule has 0 saturated carbocycles. The second-order valence-corrected chi connectivity index (χ2v) is 6.29. The molecule has 1 fully saturated rings. The Balaban J connectivity index is 1.76. The number of likely N-dealkylation sites (tertiary alicyclic amines) is 1. The van der Waals surface area contributed by atoms with Gasteiger partial charge in [0, 0.05) is 12.0 Å². The van der Waals surface area contributed by atoms with Crippen LogP contribution in [0, 0.1) is 0 Å². The van der Waals surface area contributed by atoms with E-state index >= 15 is 0 Å². The number of nitrogens with zero attached hydrogens (tertiary/aromatic N) is 1. The van der Waals surface area contributed by atoms with E-state index in [0.29, 0.717) is 11.5 Å². The second kappa shape index (κ2) is 8.56. The van der Waals surface area contributed by atoms with E-state index in [-0.39, 0.29) is 25.0 Å². The number of carbonyl (C=O) groups is 3. The van der Waals surface area contributed by atoms with Crippen molar-refractivity contribution in [2.75, 3.05) is 14.2 Å². The van der Waals surface area contributed by atoms with Gasteiger partial charge in [0.15, 0.2) is 11.5 Å². The Morgan fingerprint density at radius 3 is 2.43 bits per heavy atom. The molecular weight excluding hydrogens is 362 g/mol. The van der Waals surface area contributed by atoms with Crippen LogP contribution in [-0.2, 0) is 20.9 Å². The average Bonchev–Trinajstić information content (AvgIpc) is 3.13. The lowest BCUT2D eigenvalue weighted by Gasteiger charge is -2.22. The number of rotatable bonds is 6. The number of methoxy groups -OCH3 is 2. The minimum Gasteiger partial charge on any atom is -0.493 e. The quantitative estimate of drug-likeness (QED) is 0.563. The van der Waals surface area contributed by atoms with Crippen molar-refractivity contribution in [3.05, 3.63) is 59.7 Å². The average molecular weight is 383 g/mol. The molecule has 2 aromatic rings. The number of hydrogen-bond donors (Lipinski definition) is 0. The number of carbonyl (C=O) groups excluding carboxylic acids is 3. The highest BCUT2D eigenvalue weighted by Gasteiger charge is 2.41. The van der Waals surface area contributed by atoms with E-state index in [2.05, 4.69) is 0 Å². The predicted octanol–water partition coefficient (Wildman–Crippen LogP) is 2.58. The number of benzene rings is 2. The third-order valence-corrected chi connectivity index (χ3v) is 4.56. The van der Waals surface area contributed by atoms with Crippen molar-refractivity contribution in [2.45, 2.75) is 25.5 Å². The van der Waals surface area contributed by atoms with Crippen molar-refractivity contribution >= 4 is 17.8 Å². The monoisotopic (exact) mass is 383 g/mol. The third-order valence-electron chi connectivity index (χ3n) is 4.56. The molecule has 0 aliphatic carbocycles. The number of amides is 2. The zero-order chi connectivity index (χ0) is 20.1. The van der Waals surface area contributed by atoms with Crippen molar-refractivity contribution in [3.8, 4) is 11.5 Å². The fraction of sp³-hybridized carbons (Fsp3) is 0.286. The van der Waals surface area contributed by atoms with Gasteiger partial charge in [-0.3, -0.25) is 14.5 Å². The molecule has 28 heavy (non-hydrogen) atoms. The molecule has 0 radical (unpaired) electrons. The summed E-state index contributed by atoms with van der Waals surface area (Å²) in [6.45, 7) is 0.0861. The van der Waals surface area contributed by atoms with Gasteiger partial charge < -0.3 is 14.2 Å². The van der Waals surface area contributed by atoms with Crippen LogP contribution >= 0.6 is 0 Å². The summed E-state index contributed by atoms with van der Waals surface area (Å²) < 4.78 is 15.7. The van der Waals surface area contributed by atoms with E-state index < -0.39 is 23.8 Å². The van der Waals surface area contributed by atoms with E-state index in [9.17, 15) is 14.4 Å². The first-order chi connectivity index (χ1) is 13.5. The summed E-state index contributed by atoms with van der Waals surface area (Å²) in [6.07, 6.45) is 0.357. The molecule has 1 aliphatic rings. The maximum Gasteiger partial charge on any atom is 0.329 e. The molecule has 1 aliphatic heterocycles. The Morgan fingerprint density at radius 1 is 1.04 bits per heavy atom. The van der Waals surface area contributed by atoms with E-state index in [4.69, 9.17) is 14.2 Å². The number of hydrogen-bond acceptors (Lipinski definition) is 6. The first-order valence-corrected chi connectivity index (χ1v) is 8.84. The van der Waals surface area contributed by atoms with Gasteiger partial charge in [-0.15, -0.1) is 0 Å². The first kappa shape index (κ1) is 19.4. The smallest absolute Gasteiger partial charge is 0.329 e. The fourth-order valence-corrected chi connectivity index (χ4v) is 3.09. The minimum atomic E-state index is -0.934. The standard InChI is InChI=1S/C21H21NO6/c1-26-17-10-8-15(12-18(17)27-2)20(24)22-16(9-11-19(22)23)21(25)28-13-14-6-4-3-5-7-14/h3-8,10,12,16H,9,11,13H2,1-2H3/t16-/m0/s1. The number of esters is 1. The molecule has 7 heteroatoms. The van der Waals surface area contributed by atoms with Crippen LogP contribution in [0.3, 0.4) is 0 Å². The lowest BCUT2D eigenvalue weighted by atomic mass is 10.1. The SMILES string of the molecule is COc1ccc(C(=O)N2C(=O)CC[C@H]2C(=O)OCc2ccccc2)cc1OC. The Bertz CT molecular complexity index is 880. The summed E-state index contributed by atoms with van der Waals surface area (Å²) in [6, 6.07) is 12.9. The summed E-state index contributed by atoms with van der Waals surface area (Å²) >= 11 is 0. The highest BCUT2D eigenvalue weighted by Crippen LogP contribution is 2.30. The van der Waals surface area contributed by atoms with Gasteiger partial charge in [-0.25, -0.2) is 4.79 Å². The maximum atomic E-state index is 12.9. The van der Waals surface area contributed by atoms with Gasteiger partial charge in [-0.2, -0.15) is 0 Å².